The van der Waals surface area contributed by atoms with Crippen molar-refractivity contribution < 1.29 is 5.11 Å². The highest BCUT2D eigenvalue weighted by atomic mass is 32.2. The van der Waals surface area contributed by atoms with E-state index in [2.05, 4.69) is 19.9 Å². The number of aliphatic hydroxyl groups is 1. The van der Waals surface area contributed by atoms with Crippen molar-refractivity contribution in [3.8, 4) is 0 Å². The lowest BCUT2D eigenvalue weighted by Crippen LogP contribution is -2.25. The molecule has 1 aliphatic heterocycles. The molecule has 1 fully saturated rings. The summed E-state index contributed by atoms with van der Waals surface area (Å²) in [6, 6.07) is 0. The van der Waals surface area contributed by atoms with Crippen LogP contribution in [0.1, 0.15) is 20.3 Å². The van der Waals surface area contributed by atoms with Crippen LogP contribution in [0.15, 0.2) is 24.3 Å². The number of rotatable bonds is 2. The van der Waals surface area contributed by atoms with Gasteiger partial charge < -0.3 is 5.11 Å². The average Bonchev–Trinajstić information content (AvgIpc) is 2.53. The van der Waals surface area contributed by atoms with Crippen LogP contribution in [-0.4, -0.2) is 14.8 Å². The van der Waals surface area contributed by atoms with E-state index in [1.807, 2.05) is 18.2 Å². The van der Waals surface area contributed by atoms with Gasteiger partial charge in [-0.05, 0) is 18.4 Å². The van der Waals surface area contributed by atoms with Crippen molar-refractivity contribution in [2.24, 2.45) is 5.92 Å². The second-order valence-electron chi connectivity index (χ2n) is 4.00. The van der Waals surface area contributed by atoms with Crippen molar-refractivity contribution in [3.05, 3.63) is 24.3 Å². The van der Waals surface area contributed by atoms with Gasteiger partial charge in [-0.3, -0.25) is 0 Å². The molecule has 1 heterocycles. The van der Waals surface area contributed by atoms with Gasteiger partial charge in [0, 0.05) is 0 Å². The highest BCUT2D eigenvalue weighted by Gasteiger charge is 2.65. The smallest absolute Gasteiger partial charge is 0.148 e. The summed E-state index contributed by atoms with van der Waals surface area (Å²) < 4.78 is 0.00984. The summed E-state index contributed by atoms with van der Waals surface area (Å²) in [5.74, 6) is 0.641. The molecule has 0 aromatic carbocycles. The van der Waals surface area contributed by atoms with Crippen LogP contribution in [0, 0.1) is 5.92 Å². The molecule has 2 atom stereocenters. The molecule has 66 valence electrons. The molecule has 0 amide bonds. The Labute approximate surface area is 77.6 Å². The first-order valence-electron chi connectivity index (χ1n) is 4.38. The van der Waals surface area contributed by atoms with E-state index >= 15 is 0 Å². The van der Waals surface area contributed by atoms with Crippen molar-refractivity contribution in [2.75, 3.05) is 0 Å². The molecule has 2 unspecified atom stereocenters. The standard InChI is InChI=1S/C10H14OS/c1-8(2)7-9-5-3-4-6-10(9,11)12-9/h3-6,8,11H,7H2,1-2H3. The van der Waals surface area contributed by atoms with Crippen LogP contribution in [-0.2, 0) is 0 Å². The molecule has 1 saturated heterocycles. The fraction of sp³-hybridized carbons (Fsp3) is 0.600. The third-order valence-electron chi connectivity index (χ3n) is 2.41. The molecular weight excluding hydrogens is 168 g/mol. The molecule has 12 heavy (non-hydrogen) atoms. The van der Waals surface area contributed by atoms with Gasteiger partial charge in [-0.15, -0.1) is 11.8 Å². The molecule has 0 aromatic rings. The van der Waals surface area contributed by atoms with Gasteiger partial charge in [0.25, 0.3) is 0 Å². The minimum atomic E-state index is -0.577. The fourth-order valence-corrected chi connectivity index (χ4v) is 3.27. The summed E-state index contributed by atoms with van der Waals surface area (Å²) >= 11 is 1.66. The van der Waals surface area contributed by atoms with E-state index in [-0.39, 0.29) is 4.75 Å². The first-order chi connectivity index (χ1) is 5.58. The van der Waals surface area contributed by atoms with Gasteiger partial charge in [-0.2, -0.15) is 0 Å². The van der Waals surface area contributed by atoms with Gasteiger partial charge in [0.05, 0.1) is 4.75 Å². The molecule has 2 aliphatic rings. The molecule has 0 saturated carbocycles. The molecule has 0 aromatic heterocycles. The number of allylic oxidation sites excluding steroid dienone is 2. The molecule has 1 nitrogen and oxygen atoms in total. The molecule has 1 N–H and O–H groups in total. The van der Waals surface area contributed by atoms with E-state index < -0.39 is 4.93 Å². The summed E-state index contributed by atoms with van der Waals surface area (Å²) in [4.78, 5) is -0.577. The van der Waals surface area contributed by atoms with Crippen molar-refractivity contribution in [1.29, 1.82) is 0 Å². The second kappa shape index (κ2) is 2.39. The zero-order valence-electron chi connectivity index (χ0n) is 7.45. The Morgan fingerprint density at radius 3 is 2.58 bits per heavy atom. The maximum Gasteiger partial charge on any atom is 0.148 e. The van der Waals surface area contributed by atoms with Crippen LogP contribution in [0.5, 0.6) is 0 Å². The van der Waals surface area contributed by atoms with Crippen LogP contribution >= 0.6 is 11.8 Å². The summed E-state index contributed by atoms with van der Waals surface area (Å²) in [5.41, 5.74) is 0. The first kappa shape index (κ1) is 8.39. The Bertz CT molecular complexity index is 257. The van der Waals surface area contributed by atoms with E-state index in [0.29, 0.717) is 5.92 Å². The zero-order chi connectivity index (χ0) is 8.82. The summed E-state index contributed by atoms with van der Waals surface area (Å²) in [6.45, 7) is 4.39. The molecule has 0 bridgehead atoms. The average molecular weight is 182 g/mol. The predicted molar refractivity (Wildman–Crippen MR) is 53.0 cm³/mol. The minimum absolute atomic E-state index is 0.00984. The minimum Gasteiger partial charge on any atom is -0.374 e. The number of thioether (sulfide) groups is 1. The normalized spacial score (nSPS) is 43.3. The van der Waals surface area contributed by atoms with E-state index in [1.54, 1.807) is 11.8 Å². The van der Waals surface area contributed by atoms with Crippen LogP contribution in [0.25, 0.3) is 0 Å². The SMILES string of the molecule is CC(C)CC12C=CC=CC1(O)S2. The third kappa shape index (κ3) is 1.05. The molecule has 2 rings (SSSR count). The molecular formula is C10H14OS. The number of hydrogen-bond acceptors (Lipinski definition) is 2. The van der Waals surface area contributed by atoms with Gasteiger partial charge in [-0.25, -0.2) is 0 Å². The molecule has 0 radical (unpaired) electrons. The second-order valence-corrected chi connectivity index (χ2v) is 5.56. The van der Waals surface area contributed by atoms with Crippen molar-refractivity contribution in [3.63, 3.8) is 0 Å². The quantitative estimate of drug-likeness (QED) is 0.661. The lowest BCUT2D eigenvalue weighted by atomic mass is 9.89. The summed E-state index contributed by atoms with van der Waals surface area (Å²) in [7, 11) is 0. The highest BCUT2D eigenvalue weighted by molar-refractivity contribution is 8.09. The maximum absolute atomic E-state index is 9.97. The van der Waals surface area contributed by atoms with E-state index in [0.717, 1.165) is 6.42 Å². The number of fused-ring (bicyclic) bond motifs is 1. The summed E-state index contributed by atoms with van der Waals surface area (Å²) in [6.07, 6.45) is 9.07. The van der Waals surface area contributed by atoms with E-state index in [9.17, 15) is 5.11 Å². The topological polar surface area (TPSA) is 20.2 Å². The summed E-state index contributed by atoms with van der Waals surface area (Å²) in [5, 5.41) is 9.97. The van der Waals surface area contributed by atoms with Crippen molar-refractivity contribution in [2.45, 2.75) is 29.9 Å². The maximum atomic E-state index is 9.97. The lowest BCUT2D eigenvalue weighted by Gasteiger charge is -2.17. The Hall–Kier alpha value is -0.210. The van der Waals surface area contributed by atoms with Crippen LogP contribution < -0.4 is 0 Å². The van der Waals surface area contributed by atoms with Gasteiger partial charge >= 0.3 is 0 Å². The monoisotopic (exact) mass is 182 g/mol. The molecule has 1 aliphatic carbocycles. The van der Waals surface area contributed by atoms with Gasteiger partial charge in [0.2, 0.25) is 0 Å². The van der Waals surface area contributed by atoms with Crippen molar-refractivity contribution in [1.82, 2.24) is 0 Å². The van der Waals surface area contributed by atoms with Crippen molar-refractivity contribution >= 4 is 11.8 Å². The zero-order valence-corrected chi connectivity index (χ0v) is 8.27. The largest absolute Gasteiger partial charge is 0.374 e. The van der Waals surface area contributed by atoms with Crippen LogP contribution in [0.2, 0.25) is 0 Å². The fourth-order valence-electron chi connectivity index (χ4n) is 1.84. The Morgan fingerprint density at radius 1 is 1.33 bits per heavy atom. The first-order valence-corrected chi connectivity index (χ1v) is 5.19. The molecule has 0 spiro atoms. The van der Waals surface area contributed by atoms with Crippen LogP contribution in [0.4, 0.5) is 0 Å². The Balaban J connectivity index is 2.16. The predicted octanol–water partition coefficient (Wildman–Crippen LogP) is 2.33. The Kier molecular flexibility index (Phi) is 1.67. The van der Waals surface area contributed by atoms with E-state index in [4.69, 9.17) is 0 Å². The third-order valence-corrected chi connectivity index (χ3v) is 4.00. The highest BCUT2D eigenvalue weighted by Crippen LogP contribution is 2.67. The lowest BCUT2D eigenvalue weighted by molar-refractivity contribution is 0.189. The van der Waals surface area contributed by atoms with Gasteiger partial charge in [-0.1, -0.05) is 32.1 Å². The molecule has 2 heteroatoms. The Morgan fingerprint density at radius 2 is 2.00 bits per heavy atom. The van der Waals surface area contributed by atoms with Gasteiger partial charge in [0.1, 0.15) is 4.93 Å². The number of hydrogen-bond donors (Lipinski definition) is 1. The van der Waals surface area contributed by atoms with Gasteiger partial charge in [0.15, 0.2) is 0 Å². The van der Waals surface area contributed by atoms with E-state index in [1.165, 1.54) is 0 Å². The van der Waals surface area contributed by atoms with Crippen LogP contribution in [0.3, 0.4) is 0 Å².